The molecule has 0 aliphatic rings. The standard InChI is InChI=1S/C18H15ClIN3O/c1-11-8-14(20)6-7-16(11)23-18(24)13(9-21)10-22-17-5-3-4-15(19)12(17)2/h3-8,10,22H,1-2H3,(H,23,24)/b13-10-. The SMILES string of the molecule is Cc1cc(I)ccc1NC(=O)/C(C#N)=C\Nc1cccc(Cl)c1C. The first kappa shape index (κ1) is 18.3. The third-order valence-electron chi connectivity index (χ3n) is 3.44. The van der Waals surface area contributed by atoms with Crippen molar-refractivity contribution in [1.29, 1.82) is 5.26 Å². The maximum atomic E-state index is 12.3. The van der Waals surface area contributed by atoms with Crippen molar-refractivity contribution in [2.75, 3.05) is 10.6 Å². The van der Waals surface area contributed by atoms with E-state index in [1.54, 1.807) is 12.1 Å². The highest BCUT2D eigenvalue weighted by Gasteiger charge is 2.11. The fourth-order valence-corrected chi connectivity index (χ4v) is 2.84. The topological polar surface area (TPSA) is 64.9 Å². The van der Waals surface area contributed by atoms with Gasteiger partial charge in [-0.2, -0.15) is 5.26 Å². The highest BCUT2D eigenvalue weighted by atomic mass is 127. The number of benzene rings is 2. The number of hydrogen-bond acceptors (Lipinski definition) is 3. The van der Waals surface area contributed by atoms with Gasteiger partial charge in [0.25, 0.3) is 5.91 Å². The van der Waals surface area contributed by atoms with Gasteiger partial charge in [-0.1, -0.05) is 17.7 Å². The number of hydrogen-bond donors (Lipinski definition) is 2. The van der Waals surface area contributed by atoms with Crippen LogP contribution in [-0.4, -0.2) is 5.91 Å². The predicted octanol–water partition coefficient (Wildman–Crippen LogP) is 5.02. The molecule has 2 aromatic rings. The summed E-state index contributed by atoms with van der Waals surface area (Å²) >= 11 is 8.26. The van der Waals surface area contributed by atoms with E-state index < -0.39 is 5.91 Å². The second kappa shape index (κ2) is 8.18. The van der Waals surface area contributed by atoms with Gasteiger partial charge in [-0.15, -0.1) is 0 Å². The molecule has 0 spiro atoms. The summed E-state index contributed by atoms with van der Waals surface area (Å²) < 4.78 is 1.08. The van der Waals surface area contributed by atoms with Crippen molar-refractivity contribution in [3.05, 3.63) is 67.9 Å². The van der Waals surface area contributed by atoms with Crippen LogP contribution >= 0.6 is 34.2 Å². The smallest absolute Gasteiger partial charge is 0.267 e. The van der Waals surface area contributed by atoms with Crippen molar-refractivity contribution in [3.63, 3.8) is 0 Å². The number of halogens is 2. The van der Waals surface area contributed by atoms with Crippen molar-refractivity contribution in [2.24, 2.45) is 0 Å². The lowest BCUT2D eigenvalue weighted by molar-refractivity contribution is -0.112. The van der Waals surface area contributed by atoms with E-state index >= 15 is 0 Å². The summed E-state index contributed by atoms with van der Waals surface area (Å²) in [7, 11) is 0. The Bertz CT molecular complexity index is 856. The molecule has 4 nitrogen and oxygen atoms in total. The first-order valence-electron chi connectivity index (χ1n) is 7.12. The number of rotatable bonds is 4. The van der Waals surface area contributed by atoms with Gasteiger partial charge in [0.05, 0.1) is 0 Å². The average molecular weight is 452 g/mol. The molecule has 0 saturated heterocycles. The molecule has 0 radical (unpaired) electrons. The largest absolute Gasteiger partial charge is 0.360 e. The van der Waals surface area contributed by atoms with Crippen molar-refractivity contribution >= 4 is 51.5 Å². The maximum absolute atomic E-state index is 12.3. The Hall–Kier alpha value is -2.04. The summed E-state index contributed by atoms with van der Waals surface area (Å²) in [5.41, 5.74) is 3.19. The second-order valence-electron chi connectivity index (χ2n) is 5.14. The average Bonchev–Trinajstić information content (AvgIpc) is 2.54. The van der Waals surface area contributed by atoms with Gasteiger partial charge >= 0.3 is 0 Å². The predicted molar refractivity (Wildman–Crippen MR) is 106 cm³/mol. The van der Waals surface area contributed by atoms with E-state index in [-0.39, 0.29) is 5.57 Å². The van der Waals surface area contributed by atoms with Gasteiger partial charge < -0.3 is 10.6 Å². The Morgan fingerprint density at radius 1 is 1.25 bits per heavy atom. The molecule has 6 heteroatoms. The number of aryl methyl sites for hydroxylation is 1. The van der Waals surface area contributed by atoms with E-state index in [0.717, 1.165) is 20.4 Å². The molecule has 0 aliphatic heterocycles. The number of carbonyl (C=O) groups is 1. The van der Waals surface area contributed by atoms with Crippen LogP contribution in [0.1, 0.15) is 11.1 Å². The van der Waals surface area contributed by atoms with Crippen LogP contribution in [0.15, 0.2) is 48.2 Å². The van der Waals surface area contributed by atoms with Gasteiger partial charge in [0.2, 0.25) is 0 Å². The molecule has 0 bridgehead atoms. The lowest BCUT2D eigenvalue weighted by atomic mass is 10.2. The number of nitriles is 1. The van der Waals surface area contributed by atoms with Crippen molar-refractivity contribution in [1.82, 2.24) is 0 Å². The Kier molecular flexibility index (Phi) is 6.23. The summed E-state index contributed by atoms with van der Waals surface area (Å²) in [5.74, 6) is -0.464. The molecular weight excluding hydrogens is 437 g/mol. The summed E-state index contributed by atoms with van der Waals surface area (Å²) in [4.78, 5) is 12.3. The third-order valence-corrected chi connectivity index (χ3v) is 4.52. The lowest BCUT2D eigenvalue weighted by Crippen LogP contribution is -2.15. The molecule has 122 valence electrons. The molecule has 2 aromatic carbocycles. The van der Waals surface area contributed by atoms with E-state index in [4.69, 9.17) is 11.6 Å². The summed E-state index contributed by atoms with van der Waals surface area (Å²) in [6, 6.07) is 13.0. The molecule has 0 aliphatic carbocycles. The van der Waals surface area contributed by atoms with Crippen molar-refractivity contribution in [3.8, 4) is 6.07 Å². The fraction of sp³-hybridized carbons (Fsp3) is 0.111. The quantitative estimate of drug-likeness (QED) is 0.390. The zero-order valence-electron chi connectivity index (χ0n) is 13.2. The van der Waals surface area contributed by atoms with E-state index in [9.17, 15) is 10.1 Å². The minimum Gasteiger partial charge on any atom is -0.360 e. The lowest BCUT2D eigenvalue weighted by Gasteiger charge is -2.09. The number of amides is 1. The van der Waals surface area contributed by atoms with Gasteiger partial charge in [-0.3, -0.25) is 4.79 Å². The maximum Gasteiger partial charge on any atom is 0.267 e. The monoisotopic (exact) mass is 451 g/mol. The zero-order valence-corrected chi connectivity index (χ0v) is 16.1. The van der Waals surface area contributed by atoms with E-state index in [0.29, 0.717) is 10.7 Å². The molecule has 1 amide bonds. The normalized spacial score (nSPS) is 10.9. The van der Waals surface area contributed by atoms with E-state index in [1.807, 2.05) is 44.2 Å². The van der Waals surface area contributed by atoms with Crippen LogP contribution in [-0.2, 0) is 4.79 Å². The summed E-state index contributed by atoms with van der Waals surface area (Å²) in [6.07, 6.45) is 1.38. The molecule has 2 rings (SSSR count). The molecule has 0 fully saturated rings. The number of carbonyl (C=O) groups excluding carboxylic acids is 1. The minimum atomic E-state index is -0.464. The molecule has 0 unspecified atom stereocenters. The van der Waals surface area contributed by atoms with Crippen molar-refractivity contribution in [2.45, 2.75) is 13.8 Å². The number of anilines is 2. The molecule has 2 N–H and O–H groups in total. The molecule has 0 saturated carbocycles. The Morgan fingerprint density at radius 2 is 2.00 bits per heavy atom. The van der Waals surface area contributed by atoms with Crippen LogP contribution in [0, 0.1) is 28.7 Å². The van der Waals surface area contributed by atoms with E-state index in [2.05, 4.69) is 33.2 Å². The van der Waals surface area contributed by atoms with Gasteiger partial charge in [-0.25, -0.2) is 0 Å². The minimum absolute atomic E-state index is 0.0210. The first-order valence-corrected chi connectivity index (χ1v) is 8.57. The van der Waals surface area contributed by atoms with Crippen LogP contribution in [0.2, 0.25) is 5.02 Å². The Labute approximate surface area is 159 Å². The number of nitrogens with zero attached hydrogens (tertiary/aromatic N) is 1. The van der Waals surface area contributed by atoms with Gasteiger partial charge in [0.1, 0.15) is 11.6 Å². The van der Waals surface area contributed by atoms with Gasteiger partial charge in [0, 0.05) is 26.2 Å². The van der Waals surface area contributed by atoms with Crippen LogP contribution in [0.5, 0.6) is 0 Å². The van der Waals surface area contributed by atoms with Crippen LogP contribution in [0.3, 0.4) is 0 Å². The second-order valence-corrected chi connectivity index (χ2v) is 6.79. The van der Waals surface area contributed by atoms with Crippen LogP contribution < -0.4 is 10.6 Å². The Morgan fingerprint density at radius 3 is 2.67 bits per heavy atom. The van der Waals surface area contributed by atoms with Crippen molar-refractivity contribution < 1.29 is 4.79 Å². The first-order chi connectivity index (χ1) is 11.4. The zero-order chi connectivity index (χ0) is 17.7. The molecule has 0 heterocycles. The third kappa shape index (κ3) is 4.49. The highest BCUT2D eigenvalue weighted by molar-refractivity contribution is 14.1. The highest BCUT2D eigenvalue weighted by Crippen LogP contribution is 2.23. The van der Waals surface area contributed by atoms with Crippen LogP contribution in [0.4, 0.5) is 11.4 Å². The molecule has 24 heavy (non-hydrogen) atoms. The van der Waals surface area contributed by atoms with Crippen LogP contribution in [0.25, 0.3) is 0 Å². The van der Waals surface area contributed by atoms with Gasteiger partial charge in [0.15, 0.2) is 0 Å². The molecule has 0 aromatic heterocycles. The molecule has 0 atom stereocenters. The summed E-state index contributed by atoms with van der Waals surface area (Å²) in [6.45, 7) is 3.76. The van der Waals surface area contributed by atoms with Gasteiger partial charge in [-0.05, 0) is 77.9 Å². The van der Waals surface area contributed by atoms with E-state index in [1.165, 1.54) is 6.20 Å². The fourth-order valence-electron chi connectivity index (χ4n) is 2.02. The summed E-state index contributed by atoms with van der Waals surface area (Å²) in [5, 5.41) is 15.6. The molecular formula is C18H15ClIN3O. The Balaban J connectivity index is 2.17. The number of nitrogens with one attached hydrogen (secondary N) is 2.